The number of hydrogen-bond acceptors (Lipinski definition) is 4. The van der Waals surface area contributed by atoms with Crippen LogP contribution in [0.4, 0.5) is 0 Å². The average molecular weight is 590 g/mol. The number of imidazole rings is 2. The van der Waals surface area contributed by atoms with Crippen LogP contribution in [-0.4, -0.2) is 23.8 Å². The van der Waals surface area contributed by atoms with Gasteiger partial charge in [-0.15, -0.1) is 0 Å². The van der Waals surface area contributed by atoms with Gasteiger partial charge in [0.2, 0.25) is 5.88 Å². The van der Waals surface area contributed by atoms with Crippen molar-refractivity contribution in [1.82, 2.24) is 18.7 Å². The molecule has 0 bridgehead atoms. The molecule has 0 radical (unpaired) electrons. The van der Waals surface area contributed by atoms with Gasteiger partial charge in [-0.2, -0.15) is 5.26 Å². The summed E-state index contributed by atoms with van der Waals surface area (Å²) in [6.45, 7) is 9.69. The highest BCUT2D eigenvalue weighted by molar-refractivity contribution is 5.32. The predicted molar refractivity (Wildman–Crippen MR) is 177 cm³/mol. The molecule has 1 N–H and O–H groups in total. The Bertz CT molecular complexity index is 1720. The second kappa shape index (κ2) is 15.6. The van der Waals surface area contributed by atoms with E-state index in [1.807, 2.05) is 47.0 Å². The largest absolute Gasteiger partial charge is 0.493 e. The first kappa shape index (κ1) is 32.1. The maximum Gasteiger partial charge on any atom is 0.331 e. The molecule has 228 valence electrons. The van der Waals surface area contributed by atoms with Crippen LogP contribution in [0.15, 0.2) is 107 Å². The van der Waals surface area contributed by atoms with E-state index < -0.39 is 0 Å². The minimum absolute atomic E-state index is 0.00364. The Balaban J connectivity index is 1.56. The van der Waals surface area contributed by atoms with Crippen molar-refractivity contribution < 1.29 is 5.11 Å². The fraction of sp³-hybridized carbons (Fsp3) is 0.324. The molecule has 0 saturated heterocycles. The standard InChI is InChI=1S/C37H43N5O2/c1-28(2)10-8-11-29(3)12-9-13-30(4)16-21-35-36(43)42(25-32-14-6-5-7-15-32)37(44)41(35)26-34-23-39-27-40(34)24-33-19-17-31(22-38)18-20-33/h5-7,10,12,14-20,23,27,43H,8-9,11,13,21,24-26H2,1-4H3/b29-12+,30-16+. The van der Waals surface area contributed by atoms with Crippen LogP contribution in [0.1, 0.15) is 81.5 Å². The number of aromatic hydroxyl groups is 1. The van der Waals surface area contributed by atoms with Gasteiger partial charge in [0, 0.05) is 19.2 Å². The monoisotopic (exact) mass is 589 g/mol. The summed E-state index contributed by atoms with van der Waals surface area (Å²) in [6.07, 6.45) is 14.7. The van der Waals surface area contributed by atoms with Gasteiger partial charge < -0.3 is 9.67 Å². The Morgan fingerprint density at radius 3 is 2.18 bits per heavy atom. The minimum Gasteiger partial charge on any atom is -0.493 e. The van der Waals surface area contributed by atoms with Crippen LogP contribution < -0.4 is 5.69 Å². The third kappa shape index (κ3) is 8.84. The molecule has 4 rings (SSSR count). The van der Waals surface area contributed by atoms with Crippen molar-refractivity contribution in [2.24, 2.45) is 0 Å². The van der Waals surface area contributed by atoms with Gasteiger partial charge in [-0.05, 0) is 76.6 Å². The Hall–Kier alpha value is -4.83. The predicted octanol–water partition coefficient (Wildman–Crippen LogP) is 7.53. The summed E-state index contributed by atoms with van der Waals surface area (Å²) in [4.78, 5) is 18.1. The smallest absolute Gasteiger partial charge is 0.331 e. The van der Waals surface area contributed by atoms with Crippen LogP contribution in [0.5, 0.6) is 5.88 Å². The third-order valence-electron chi connectivity index (χ3n) is 7.81. The van der Waals surface area contributed by atoms with E-state index in [4.69, 9.17) is 5.26 Å². The highest BCUT2D eigenvalue weighted by Crippen LogP contribution is 2.22. The molecule has 0 aliphatic carbocycles. The second-order valence-corrected chi connectivity index (χ2v) is 11.7. The van der Waals surface area contributed by atoms with Crippen molar-refractivity contribution in [3.05, 3.63) is 141 Å². The van der Waals surface area contributed by atoms with Crippen LogP contribution >= 0.6 is 0 Å². The fourth-order valence-electron chi connectivity index (χ4n) is 5.18. The van der Waals surface area contributed by atoms with Gasteiger partial charge in [0.15, 0.2) is 0 Å². The molecule has 4 aromatic rings. The number of hydrogen-bond donors (Lipinski definition) is 1. The van der Waals surface area contributed by atoms with Gasteiger partial charge in [0.05, 0.1) is 42.4 Å². The van der Waals surface area contributed by atoms with Gasteiger partial charge in [-0.3, -0.25) is 9.13 Å². The van der Waals surface area contributed by atoms with Gasteiger partial charge in [0.25, 0.3) is 0 Å². The van der Waals surface area contributed by atoms with E-state index in [9.17, 15) is 9.90 Å². The zero-order chi connectivity index (χ0) is 31.5. The maximum absolute atomic E-state index is 13.8. The first-order valence-corrected chi connectivity index (χ1v) is 15.2. The quantitative estimate of drug-likeness (QED) is 0.154. The van der Waals surface area contributed by atoms with E-state index >= 15 is 0 Å². The number of rotatable bonds is 14. The molecule has 0 saturated carbocycles. The molecule has 2 aromatic carbocycles. The summed E-state index contributed by atoms with van der Waals surface area (Å²) >= 11 is 0. The molecule has 2 aromatic heterocycles. The lowest BCUT2D eigenvalue weighted by atomic mass is 10.1. The first-order chi connectivity index (χ1) is 21.2. The van der Waals surface area contributed by atoms with Crippen molar-refractivity contribution in [2.45, 2.75) is 79.4 Å². The summed E-state index contributed by atoms with van der Waals surface area (Å²) in [5.41, 5.74) is 7.74. The normalized spacial score (nSPS) is 11.9. The molecule has 0 spiro atoms. The SMILES string of the molecule is CC(C)=CCC/C(C)=C/CC/C(C)=C/Cc1c(O)n(Cc2ccccc2)c(=O)n1Cc1cncn1Cc1ccc(C#N)cc1. The van der Waals surface area contributed by atoms with Crippen molar-refractivity contribution >= 4 is 0 Å². The zero-order valence-electron chi connectivity index (χ0n) is 26.3. The van der Waals surface area contributed by atoms with Gasteiger partial charge >= 0.3 is 5.69 Å². The maximum atomic E-state index is 13.8. The second-order valence-electron chi connectivity index (χ2n) is 11.7. The Morgan fingerprint density at radius 2 is 1.50 bits per heavy atom. The molecule has 2 heterocycles. The molecule has 7 heteroatoms. The van der Waals surface area contributed by atoms with E-state index in [1.165, 1.54) is 21.3 Å². The number of nitriles is 1. The van der Waals surface area contributed by atoms with Crippen molar-refractivity contribution in [2.75, 3.05) is 0 Å². The molecular weight excluding hydrogens is 546 g/mol. The fourth-order valence-corrected chi connectivity index (χ4v) is 5.18. The number of allylic oxidation sites excluding steroid dienone is 6. The van der Waals surface area contributed by atoms with E-state index in [0.717, 1.165) is 42.5 Å². The van der Waals surface area contributed by atoms with E-state index in [2.05, 4.69) is 57.0 Å². The molecule has 0 amide bonds. The summed E-state index contributed by atoms with van der Waals surface area (Å²) in [7, 11) is 0. The summed E-state index contributed by atoms with van der Waals surface area (Å²) < 4.78 is 5.12. The molecule has 0 atom stereocenters. The lowest BCUT2D eigenvalue weighted by Crippen LogP contribution is -2.26. The minimum atomic E-state index is -0.256. The number of benzene rings is 2. The van der Waals surface area contributed by atoms with Crippen LogP contribution in [-0.2, 0) is 26.1 Å². The highest BCUT2D eigenvalue weighted by Gasteiger charge is 2.20. The first-order valence-electron chi connectivity index (χ1n) is 15.2. The van der Waals surface area contributed by atoms with Gasteiger partial charge in [-0.1, -0.05) is 77.4 Å². The lowest BCUT2D eigenvalue weighted by Gasteiger charge is -2.11. The van der Waals surface area contributed by atoms with Gasteiger partial charge in [-0.25, -0.2) is 9.78 Å². The molecular formula is C37H43N5O2. The Labute approximate surface area is 260 Å². The Morgan fingerprint density at radius 1 is 0.841 bits per heavy atom. The van der Waals surface area contributed by atoms with Crippen LogP contribution in [0.2, 0.25) is 0 Å². The number of aromatic nitrogens is 4. The van der Waals surface area contributed by atoms with Crippen molar-refractivity contribution in [3.63, 3.8) is 0 Å². The molecule has 0 aliphatic rings. The van der Waals surface area contributed by atoms with Crippen molar-refractivity contribution in [1.29, 1.82) is 5.26 Å². The van der Waals surface area contributed by atoms with Gasteiger partial charge in [0.1, 0.15) is 0 Å². The van der Waals surface area contributed by atoms with Crippen LogP contribution in [0, 0.1) is 11.3 Å². The zero-order valence-corrected chi connectivity index (χ0v) is 26.3. The molecule has 0 fully saturated rings. The molecule has 0 aliphatic heterocycles. The topological polar surface area (TPSA) is 88.8 Å². The van der Waals surface area contributed by atoms with Crippen molar-refractivity contribution in [3.8, 4) is 11.9 Å². The van der Waals surface area contributed by atoms with Crippen LogP contribution in [0.25, 0.3) is 0 Å². The molecule has 44 heavy (non-hydrogen) atoms. The Kier molecular flexibility index (Phi) is 11.4. The highest BCUT2D eigenvalue weighted by atomic mass is 16.3. The molecule has 0 unspecified atom stereocenters. The van der Waals surface area contributed by atoms with E-state index in [0.29, 0.717) is 24.2 Å². The molecule has 7 nitrogen and oxygen atoms in total. The van der Waals surface area contributed by atoms with Crippen LogP contribution in [0.3, 0.4) is 0 Å². The average Bonchev–Trinajstić information content (AvgIpc) is 3.54. The third-order valence-corrected chi connectivity index (χ3v) is 7.81. The summed E-state index contributed by atoms with van der Waals surface area (Å²) in [5, 5.41) is 20.5. The number of nitrogens with zero attached hydrogens (tertiary/aromatic N) is 5. The summed E-state index contributed by atoms with van der Waals surface area (Å²) in [5.74, 6) is -0.00364. The summed E-state index contributed by atoms with van der Waals surface area (Å²) in [6, 6.07) is 19.3. The lowest BCUT2D eigenvalue weighted by molar-refractivity contribution is 0.417. The van der Waals surface area contributed by atoms with E-state index in [1.54, 1.807) is 29.2 Å². The van der Waals surface area contributed by atoms with E-state index in [-0.39, 0.29) is 24.7 Å².